The Morgan fingerprint density at radius 1 is 1.43 bits per heavy atom. The van der Waals surface area contributed by atoms with Gasteiger partial charge in [0.05, 0.1) is 17.8 Å². The number of fused-ring (bicyclic) bond motifs is 1. The average molecular weight is 326 g/mol. The molecule has 0 radical (unpaired) electrons. The molecule has 0 saturated carbocycles. The summed E-state index contributed by atoms with van der Waals surface area (Å²) in [5.74, 6) is -6.32. The average Bonchev–Trinajstić information content (AvgIpc) is 2.97. The highest BCUT2D eigenvalue weighted by molar-refractivity contribution is 6.06. The van der Waals surface area contributed by atoms with Crippen molar-refractivity contribution in [1.29, 1.82) is 0 Å². The number of alkyl halides is 2. The van der Waals surface area contributed by atoms with Crippen molar-refractivity contribution in [2.75, 3.05) is 22.9 Å². The number of rotatable bonds is 3. The number of carboxylic acid groups (broad SMARTS) is 1. The van der Waals surface area contributed by atoms with E-state index in [2.05, 4.69) is 4.74 Å². The highest BCUT2D eigenvalue weighted by Gasteiger charge is 2.52. The van der Waals surface area contributed by atoms with Crippen LogP contribution in [0, 0.1) is 0 Å². The molecule has 1 saturated heterocycles. The van der Waals surface area contributed by atoms with E-state index in [0.717, 1.165) is 15.9 Å². The normalized spacial score (nSPS) is 22.3. The van der Waals surface area contributed by atoms with Crippen LogP contribution in [0.5, 0.6) is 0 Å². The van der Waals surface area contributed by atoms with Crippen molar-refractivity contribution in [3.63, 3.8) is 0 Å². The molecule has 1 N–H and O–H groups in total. The third-order valence-electron chi connectivity index (χ3n) is 3.84. The zero-order valence-electron chi connectivity index (χ0n) is 12.0. The number of anilines is 2. The fourth-order valence-corrected chi connectivity index (χ4v) is 2.69. The molecule has 2 amide bonds. The number of ether oxygens (including phenoxy) is 1. The first-order valence-corrected chi connectivity index (χ1v) is 6.82. The zero-order valence-corrected chi connectivity index (χ0v) is 12.0. The van der Waals surface area contributed by atoms with Crippen LogP contribution in [0.3, 0.4) is 0 Å². The molecule has 23 heavy (non-hydrogen) atoms. The van der Waals surface area contributed by atoms with Crippen LogP contribution in [-0.2, 0) is 20.2 Å². The second kappa shape index (κ2) is 4.90. The summed E-state index contributed by atoms with van der Waals surface area (Å²) < 4.78 is 32.9. The molecule has 7 nitrogen and oxygen atoms in total. The van der Waals surface area contributed by atoms with E-state index >= 15 is 0 Å². The van der Waals surface area contributed by atoms with Crippen molar-refractivity contribution in [3.05, 3.63) is 23.8 Å². The molecule has 0 aliphatic carbocycles. The SMILES string of the molecule is CCN1C(=O)C(F)(F)c2cc(N3C[C@H](C(=O)O)OC3=O)ccc21. The summed E-state index contributed by atoms with van der Waals surface area (Å²) in [5, 5.41) is 8.86. The predicted octanol–water partition coefficient (Wildman–Crippen LogP) is 1.55. The minimum atomic E-state index is -3.68. The van der Waals surface area contributed by atoms with E-state index in [1.165, 1.54) is 12.1 Å². The lowest BCUT2D eigenvalue weighted by molar-refractivity contribution is -0.144. The maximum atomic E-state index is 14.1. The standard InChI is InChI=1S/C14H12F2N2O5/c1-2-17-9-4-3-7(5-8(9)14(15,16)12(17)21)18-6-10(11(19)20)23-13(18)22/h3-5,10H,2,6H2,1H3,(H,19,20)/t10-/m1/s1. The molecule has 3 rings (SSSR count). The molecule has 2 aliphatic heterocycles. The molecule has 1 fully saturated rings. The van der Waals surface area contributed by atoms with Gasteiger partial charge in [-0.25, -0.2) is 9.59 Å². The zero-order chi connectivity index (χ0) is 16.9. The van der Waals surface area contributed by atoms with E-state index in [-0.39, 0.29) is 24.5 Å². The lowest BCUT2D eigenvalue weighted by atomic mass is 10.1. The van der Waals surface area contributed by atoms with Crippen LogP contribution in [0.2, 0.25) is 0 Å². The first-order valence-electron chi connectivity index (χ1n) is 6.82. The number of likely N-dealkylation sites (N-methyl/N-ethyl adjacent to an activating group) is 1. The van der Waals surface area contributed by atoms with Gasteiger partial charge in [-0.15, -0.1) is 0 Å². The topological polar surface area (TPSA) is 87.2 Å². The van der Waals surface area contributed by atoms with Crippen molar-refractivity contribution < 1.29 is 33.0 Å². The Bertz CT molecular complexity index is 721. The Hall–Kier alpha value is -2.71. The Balaban J connectivity index is 2.00. The molecular weight excluding hydrogens is 314 g/mol. The van der Waals surface area contributed by atoms with E-state index in [1.807, 2.05) is 0 Å². The summed E-state index contributed by atoms with van der Waals surface area (Å²) in [6.07, 6.45) is -2.29. The van der Waals surface area contributed by atoms with Crippen LogP contribution in [0.4, 0.5) is 25.0 Å². The second-order valence-electron chi connectivity index (χ2n) is 5.15. The quantitative estimate of drug-likeness (QED) is 0.911. The van der Waals surface area contributed by atoms with Gasteiger partial charge < -0.3 is 14.7 Å². The van der Waals surface area contributed by atoms with Crippen molar-refractivity contribution in [2.45, 2.75) is 19.0 Å². The molecule has 1 aromatic rings. The molecule has 9 heteroatoms. The third kappa shape index (κ3) is 2.11. The molecule has 2 aliphatic rings. The number of hydrogen-bond donors (Lipinski definition) is 1. The first kappa shape index (κ1) is 15.2. The minimum absolute atomic E-state index is 0.0583. The monoisotopic (exact) mass is 326 g/mol. The summed E-state index contributed by atoms with van der Waals surface area (Å²) in [5.41, 5.74) is -0.370. The number of carboxylic acids is 1. The van der Waals surface area contributed by atoms with Crippen molar-refractivity contribution in [1.82, 2.24) is 0 Å². The smallest absolute Gasteiger partial charge is 0.415 e. The lowest BCUT2D eigenvalue weighted by Crippen LogP contribution is -2.34. The Morgan fingerprint density at radius 2 is 2.13 bits per heavy atom. The van der Waals surface area contributed by atoms with Crippen molar-refractivity contribution in [2.24, 2.45) is 0 Å². The largest absolute Gasteiger partial charge is 0.478 e. The number of carbonyl (C=O) groups is 3. The van der Waals surface area contributed by atoms with Crippen LogP contribution in [-0.4, -0.2) is 42.3 Å². The van der Waals surface area contributed by atoms with Crippen LogP contribution >= 0.6 is 0 Å². The molecule has 2 heterocycles. The lowest BCUT2D eigenvalue weighted by Gasteiger charge is -2.16. The van der Waals surface area contributed by atoms with E-state index in [1.54, 1.807) is 6.92 Å². The van der Waals surface area contributed by atoms with Gasteiger partial charge in [-0.3, -0.25) is 9.69 Å². The van der Waals surface area contributed by atoms with Crippen molar-refractivity contribution in [3.8, 4) is 0 Å². The molecule has 0 aromatic heterocycles. The van der Waals surface area contributed by atoms with Gasteiger partial charge in [-0.05, 0) is 25.1 Å². The predicted molar refractivity (Wildman–Crippen MR) is 73.6 cm³/mol. The van der Waals surface area contributed by atoms with Gasteiger partial charge in [0.2, 0.25) is 6.10 Å². The fraction of sp³-hybridized carbons (Fsp3) is 0.357. The summed E-state index contributed by atoms with van der Waals surface area (Å²) in [6.45, 7) is 1.38. The Morgan fingerprint density at radius 3 is 2.70 bits per heavy atom. The van der Waals surface area contributed by atoms with E-state index in [0.29, 0.717) is 0 Å². The van der Waals surface area contributed by atoms with Gasteiger partial charge in [-0.1, -0.05) is 0 Å². The Labute approximate surface area is 129 Å². The van der Waals surface area contributed by atoms with Crippen LogP contribution in [0.25, 0.3) is 0 Å². The summed E-state index contributed by atoms with van der Waals surface area (Å²) in [6, 6.07) is 3.71. The van der Waals surface area contributed by atoms with Gasteiger partial charge in [-0.2, -0.15) is 8.78 Å². The summed E-state index contributed by atoms with van der Waals surface area (Å²) in [7, 11) is 0. The second-order valence-corrected chi connectivity index (χ2v) is 5.15. The minimum Gasteiger partial charge on any atom is -0.478 e. The first-order chi connectivity index (χ1) is 10.8. The number of nitrogens with zero attached hydrogens (tertiary/aromatic N) is 2. The van der Waals surface area contributed by atoms with Gasteiger partial charge in [0.25, 0.3) is 0 Å². The number of benzene rings is 1. The molecule has 122 valence electrons. The number of aliphatic carboxylic acids is 1. The van der Waals surface area contributed by atoms with Gasteiger partial charge >= 0.3 is 23.9 Å². The maximum Gasteiger partial charge on any atom is 0.415 e. The molecule has 0 spiro atoms. The summed E-state index contributed by atoms with van der Waals surface area (Å²) in [4.78, 5) is 36.2. The fourth-order valence-electron chi connectivity index (χ4n) is 2.69. The third-order valence-corrected chi connectivity index (χ3v) is 3.84. The molecule has 0 bridgehead atoms. The number of cyclic esters (lactones) is 1. The van der Waals surface area contributed by atoms with Crippen LogP contribution in [0.1, 0.15) is 12.5 Å². The molecule has 0 unspecified atom stereocenters. The summed E-state index contributed by atoms with van der Waals surface area (Å²) >= 11 is 0. The highest BCUT2D eigenvalue weighted by atomic mass is 19.3. The highest BCUT2D eigenvalue weighted by Crippen LogP contribution is 2.45. The molecule has 1 aromatic carbocycles. The van der Waals surface area contributed by atoms with Crippen molar-refractivity contribution >= 4 is 29.3 Å². The molecule has 1 atom stereocenters. The van der Waals surface area contributed by atoms with Gasteiger partial charge in [0.15, 0.2) is 0 Å². The number of hydrogen-bond acceptors (Lipinski definition) is 4. The number of carbonyl (C=O) groups excluding carboxylic acids is 2. The van der Waals surface area contributed by atoms with E-state index < -0.39 is 35.6 Å². The maximum absolute atomic E-state index is 14.1. The van der Waals surface area contributed by atoms with Crippen LogP contribution in [0.15, 0.2) is 18.2 Å². The Kier molecular flexibility index (Phi) is 3.24. The van der Waals surface area contributed by atoms with Crippen LogP contribution < -0.4 is 9.80 Å². The van der Waals surface area contributed by atoms with Gasteiger partial charge in [0, 0.05) is 12.2 Å². The van der Waals surface area contributed by atoms with E-state index in [4.69, 9.17) is 5.11 Å². The van der Waals surface area contributed by atoms with Gasteiger partial charge in [0.1, 0.15) is 0 Å². The number of amides is 2. The number of halogens is 2. The molecular formula is C14H12F2N2O5. The van der Waals surface area contributed by atoms with E-state index in [9.17, 15) is 23.2 Å².